The van der Waals surface area contributed by atoms with Crippen molar-refractivity contribution < 1.29 is 19.0 Å². The fourth-order valence-electron chi connectivity index (χ4n) is 3.31. The molecule has 3 aromatic rings. The molecule has 0 atom stereocenters. The number of aryl methyl sites for hydroxylation is 1. The highest BCUT2D eigenvalue weighted by Crippen LogP contribution is 2.33. The highest BCUT2D eigenvalue weighted by Gasteiger charge is 2.24. The molecule has 0 saturated heterocycles. The van der Waals surface area contributed by atoms with Gasteiger partial charge in [-0.25, -0.2) is 4.68 Å². The van der Waals surface area contributed by atoms with Gasteiger partial charge < -0.3 is 19.5 Å². The van der Waals surface area contributed by atoms with Crippen LogP contribution in [0.2, 0.25) is 0 Å². The first-order chi connectivity index (χ1) is 14.8. The minimum atomic E-state index is -0.322. The Hall–Kier alpha value is -3.48. The van der Waals surface area contributed by atoms with Crippen molar-refractivity contribution in [1.82, 2.24) is 15.1 Å². The summed E-state index contributed by atoms with van der Waals surface area (Å²) in [4.78, 5) is 12.7. The molecule has 0 saturated carbocycles. The summed E-state index contributed by atoms with van der Waals surface area (Å²) in [6.07, 6.45) is 1.76. The third-order valence-electron chi connectivity index (χ3n) is 5.26. The predicted molar refractivity (Wildman–Crippen MR) is 120 cm³/mol. The van der Waals surface area contributed by atoms with Crippen LogP contribution in [0.15, 0.2) is 48.7 Å². The molecule has 1 heterocycles. The van der Waals surface area contributed by atoms with Gasteiger partial charge in [0.05, 0.1) is 21.3 Å². The average Bonchev–Trinajstić information content (AvgIpc) is 3.27. The first-order valence-electron chi connectivity index (χ1n) is 10.0. The second kappa shape index (κ2) is 9.12. The lowest BCUT2D eigenvalue weighted by atomic mass is 9.84. The molecule has 0 bridgehead atoms. The van der Waals surface area contributed by atoms with Crippen molar-refractivity contribution in [3.63, 3.8) is 0 Å². The lowest BCUT2D eigenvalue weighted by Crippen LogP contribution is -2.36. The summed E-state index contributed by atoms with van der Waals surface area (Å²) in [6, 6.07) is 13.3. The number of carbonyl (C=O) groups is 1. The van der Waals surface area contributed by atoms with Gasteiger partial charge in [-0.1, -0.05) is 26.0 Å². The number of nitrogens with one attached hydrogen (secondary N) is 1. The molecule has 7 heteroatoms. The maximum atomic E-state index is 12.7. The zero-order chi connectivity index (χ0) is 22.6. The van der Waals surface area contributed by atoms with Gasteiger partial charge in [0.15, 0.2) is 17.2 Å². The lowest BCUT2D eigenvalue weighted by Gasteiger charge is -2.26. The van der Waals surface area contributed by atoms with E-state index in [9.17, 15) is 4.79 Å². The van der Waals surface area contributed by atoms with Gasteiger partial charge in [-0.3, -0.25) is 4.79 Å². The van der Waals surface area contributed by atoms with Gasteiger partial charge in [0.1, 0.15) is 11.4 Å². The fourth-order valence-corrected chi connectivity index (χ4v) is 3.31. The summed E-state index contributed by atoms with van der Waals surface area (Å²) in [6.45, 7) is 6.55. The first kappa shape index (κ1) is 22.2. The minimum Gasteiger partial charge on any atom is -0.494 e. The number of nitrogens with zero attached hydrogens (tertiary/aromatic N) is 2. The van der Waals surface area contributed by atoms with Crippen LogP contribution in [0.5, 0.6) is 17.2 Å². The maximum absolute atomic E-state index is 12.7. The summed E-state index contributed by atoms with van der Waals surface area (Å²) < 4.78 is 17.8. The molecule has 0 fully saturated rings. The van der Waals surface area contributed by atoms with E-state index in [1.165, 1.54) is 0 Å². The van der Waals surface area contributed by atoms with Crippen LogP contribution in [0, 0.1) is 6.92 Å². The molecular formula is C24H29N3O4. The average molecular weight is 424 g/mol. The molecule has 1 aromatic heterocycles. The van der Waals surface area contributed by atoms with E-state index in [0.717, 1.165) is 16.8 Å². The largest absolute Gasteiger partial charge is 0.494 e. The molecule has 2 aromatic carbocycles. The van der Waals surface area contributed by atoms with Gasteiger partial charge in [0.2, 0.25) is 0 Å². The van der Waals surface area contributed by atoms with Crippen LogP contribution in [0.4, 0.5) is 0 Å². The van der Waals surface area contributed by atoms with Gasteiger partial charge >= 0.3 is 0 Å². The molecule has 1 amide bonds. The monoisotopic (exact) mass is 423 g/mol. The van der Waals surface area contributed by atoms with Crippen molar-refractivity contribution in [3.8, 4) is 22.9 Å². The molecule has 0 aliphatic rings. The SMILES string of the molecule is COc1ccc(C(C)(C)CNC(=O)c2ccn(-c3cc(C)ccc3OC)n2)cc1OC. The Balaban J connectivity index is 1.74. The Morgan fingerprint density at radius 3 is 2.32 bits per heavy atom. The van der Waals surface area contributed by atoms with E-state index in [1.54, 1.807) is 38.3 Å². The summed E-state index contributed by atoms with van der Waals surface area (Å²) in [5, 5.41) is 7.43. The molecule has 0 spiro atoms. The number of amides is 1. The lowest BCUT2D eigenvalue weighted by molar-refractivity contribution is 0.0940. The number of rotatable bonds is 8. The third-order valence-corrected chi connectivity index (χ3v) is 5.26. The van der Waals surface area contributed by atoms with Crippen LogP contribution in [-0.2, 0) is 5.41 Å². The number of methoxy groups -OCH3 is 3. The Kier molecular flexibility index (Phi) is 6.53. The summed E-state index contributed by atoms with van der Waals surface area (Å²) in [5.41, 5.74) is 2.91. The minimum absolute atomic E-state index is 0.237. The maximum Gasteiger partial charge on any atom is 0.271 e. The molecule has 1 N–H and O–H groups in total. The Bertz CT molecular complexity index is 1070. The Labute approximate surface area is 182 Å². The van der Waals surface area contributed by atoms with Crippen LogP contribution in [0.1, 0.15) is 35.5 Å². The number of hydrogen-bond donors (Lipinski definition) is 1. The molecule has 164 valence electrons. The predicted octanol–water partition coefficient (Wildman–Crippen LogP) is 3.91. The quantitative estimate of drug-likeness (QED) is 0.595. The molecule has 31 heavy (non-hydrogen) atoms. The van der Waals surface area contributed by atoms with Crippen molar-refractivity contribution in [1.29, 1.82) is 0 Å². The second-order valence-electron chi connectivity index (χ2n) is 7.96. The number of hydrogen-bond acceptors (Lipinski definition) is 5. The van der Waals surface area contributed by atoms with Gasteiger partial charge in [0.25, 0.3) is 5.91 Å². The van der Waals surface area contributed by atoms with Crippen molar-refractivity contribution in [3.05, 3.63) is 65.5 Å². The van der Waals surface area contributed by atoms with Crippen molar-refractivity contribution in [2.75, 3.05) is 27.9 Å². The van der Waals surface area contributed by atoms with E-state index < -0.39 is 0 Å². The Morgan fingerprint density at radius 2 is 1.65 bits per heavy atom. The summed E-state index contributed by atoms with van der Waals surface area (Å²) >= 11 is 0. The van der Waals surface area contributed by atoms with Gasteiger partial charge in [-0.15, -0.1) is 0 Å². The smallest absolute Gasteiger partial charge is 0.271 e. The molecule has 0 aliphatic carbocycles. The van der Waals surface area contributed by atoms with Crippen molar-refractivity contribution in [2.24, 2.45) is 0 Å². The summed E-state index contributed by atoms with van der Waals surface area (Å²) in [7, 11) is 4.83. The van der Waals surface area contributed by atoms with E-state index >= 15 is 0 Å². The highest BCUT2D eigenvalue weighted by atomic mass is 16.5. The standard InChI is InChI=1S/C24H29N3O4/c1-16-7-9-20(29-4)19(13-16)27-12-11-18(26-27)23(28)25-15-24(2,3)17-8-10-21(30-5)22(14-17)31-6/h7-14H,15H2,1-6H3,(H,25,28). The van der Waals surface area contributed by atoms with Crippen LogP contribution in [0.3, 0.4) is 0 Å². The zero-order valence-electron chi connectivity index (χ0n) is 18.9. The van der Waals surface area contributed by atoms with E-state index in [-0.39, 0.29) is 11.3 Å². The second-order valence-corrected chi connectivity index (χ2v) is 7.96. The Morgan fingerprint density at radius 1 is 0.968 bits per heavy atom. The molecule has 0 aliphatic heterocycles. The molecule has 0 radical (unpaired) electrons. The van der Waals surface area contributed by atoms with Crippen LogP contribution in [0.25, 0.3) is 5.69 Å². The highest BCUT2D eigenvalue weighted by molar-refractivity contribution is 5.92. The molecule has 7 nitrogen and oxygen atoms in total. The van der Waals surface area contributed by atoms with Crippen LogP contribution >= 0.6 is 0 Å². The summed E-state index contributed by atoms with van der Waals surface area (Å²) in [5.74, 6) is 1.78. The first-order valence-corrected chi connectivity index (χ1v) is 10.0. The van der Waals surface area contributed by atoms with E-state index in [4.69, 9.17) is 14.2 Å². The van der Waals surface area contributed by atoms with Crippen molar-refractivity contribution in [2.45, 2.75) is 26.2 Å². The molecule has 0 unspecified atom stereocenters. The number of benzene rings is 2. The van der Waals surface area contributed by atoms with Gasteiger partial charge in [-0.2, -0.15) is 5.10 Å². The van der Waals surface area contributed by atoms with Crippen LogP contribution in [-0.4, -0.2) is 43.6 Å². The van der Waals surface area contributed by atoms with E-state index in [1.807, 2.05) is 43.3 Å². The zero-order valence-corrected chi connectivity index (χ0v) is 18.9. The fraction of sp³-hybridized carbons (Fsp3) is 0.333. The van der Waals surface area contributed by atoms with Crippen molar-refractivity contribution >= 4 is 5.91 Å². The van der Waals surface area contributed by atoms with Crippen LogP contribution < -0.4 is 19.5 Å². The van der Waals surface area contributed by atoms with Gasteiger partial charge in [-0.05, 0) is 48.4 Å². The number of carbonyl (C=O) groups excluding carboxylic acids is 1. The normalized spacial score (nSPS) is 11.2. The third kappa shape index (κ3) is 4.82. The van der Waals surface area contributed by atoms with E-state index in [0.29, 0.717) is 29.5 Å². The van der Waals surface area contributed by atoms with E-state index in [2.05, 4.69) is 24.3 Å². The van der Waals surface area contributed by atoms with Gasteiger partial charge in [0, 0.05) is 18.2 Å². The molecule has 3 rings (SSSR count). The topological polar surface area (TPSA) is 74.6 Å². The number of ether oxygens (including phenoxy) is 3. The number of aromatic nitrogens is 2. The molecular weight excluding hydrogens is 394 g/mol.